The number of nitrogens with zero attached hydrogens (tertiary/aromatic N) is 2. The van der Waals surface area contributed by atoms with Gasteiger partial charge in [0.1, 0.15) is 5.82 Å². The van der Waals surface area contributed by atoms with Crippen LogP contribution in [0.5, 0.6) is 0 Å². The van der Waals surface area contributed by atoms with Crippen LogP contribution in [0.15, 0.2) is 11.0 Å². The maximum Gasteiger partial charge on any atom is 0.286 e. The lowest BCUT2D eigenvalue weighted by molar-refractivity contribution is 0.596. The third-order valence-corrected chi connectivity index (χ3v) is 1.05. The molecule has 0 amide bonds. The predicted octanol–water partition coefficient (Wildman–Crippen LogP) is -0.0249. The van der Waals surface area contributed by atoms with Crippen LogP contribution in [-0.2, 0) is 6.42 Å². The summed E-state index contributed by atoms with van der Waals surface area (Å²) in [6.07, 6.45) is 0.779. The molecule has 1 N–H and O–H groups in total. The molecule has 0 unspecified atom stereocenters. The molecule has 56 valence electrons. The Morgan fingerprint density at radius 3 is 3.09 bits per heavy atom. The first-order valence-electron chi connectivity index (χ1n) is 2.84. The van der Waals surface area contributed by atoms with Gasteiger partial charge >= 0.3 is 0 Å². The lowest BCUT2D eigenvalue weighted by atomic mass is 10.4. The molecular weight excluding hydrogens is 149 g/mol. The molecule has 0 saturated carbocycles. The fourth-order valence-electron chi connectivity index (χ4n) is 0.581. The summed E-state index contributed by atoms with van der Waals surface area (Å²) in [5.74, 6) is -0.759. The van der Waals surface area contributed by atoms with Crippen molar-refractivity contribution in [2.75, 3.05) is 0 Å². The number of hydrogen-bond donors (Lipinski definition) is 1. The van der Waals surface area contributed by atoms with Gasteiger partial charge in [0.05, 0.1) is 18.7 Å². The van der Waals surface area contributed by atoms with Gasteiger partial charge in [0.15, 0.2) is 0 Å². The van der Waals surface area contributed by atoms with E-state index in [1.165, 1.54) is 0 Å². The molecule has 1 aromatic rings. The summed E-state index contributed by atoms with van der Waals surface area (Å²) in [6, 6.07) is 1.78. The van der Waals surface area contributed by atoms with E-state index in [0.29, 0.717) is 0 Å². The monoisotopic (exact) mass is 153 g/mol. The van der Waals surface area contributed by atoms with Gasteiger partial charge in [-0.1, -0.05) is 0 Å². The van der Waals surface area contributed by atoms with Gasteiger partial charge in [0, 0.05) is 0 Å². The molecule has 1 heterocycles. The van der Waals surface area contributed by atoms with Crippen LogP contribution >= 0.6 is 0 Å². The first-order chi connectivity index (χ1) is 5.24. The maximum atomic E-state index is 12.2. The molecule has 0 aliphatic rings. The van der Waals surface area contributed by atoms with Crippen molar-refractivity contribution >= 4 is 0 Å². The summed E-state index contributed by atoms with van der Waals surface area (Å²) in [6.45, 7) is 0. The molecule has 0 spiro atoms. The normalized spacial score (nSPS) is 9.09. The quantitative estimate of drug-likeness (QED) is 0.616. The van der Waals surface area contributed by atoms with Gasteiger partial charge in [-0.3, -0.25) is 4.79 Å². The van der Waals surface area contributed by atoms with E-state index in [2.05, 4.69) is 9.97 Å². The molecule has 0 radical (unpaired) electrons. The van der Waals surface area contributed by atoms with Gasteiger partial charge in [-0.2, -0.15) is 9.65 Å². The van der Waals surface area contributed by atoms with Crippen LogP contribution in [0.1, 0.15) is 5.82 Å². The minimum absolute atomic E-state index is 0.0183. The third-order valence-electron chi connectivity index (χ3n) is 1.05. The van der Waals surface area contributed by atoms with E-state index < -0.39 is 11.4 Å². The second-order valence-corrected chi connectivity index (χ2v) is 1.84. The number of nitriles is 1. The molecule has 5 heteroatoms. The lowest BCUT2D eigenvalue weighted by Crippen LogP contribution is -2.14. The number of halogens is 1. The van der Waals surface area contributed by atoms with Crippen LogP contribution in [0.3, 0.4) is 0 Å². The van der Waals surface area contributed by atoms with Crippen LogP contribution in [0.2, 0.25) is 0 Å². The zero-order valence-corrected chi connectivity index (χ0v) is 5.47. The SMILES string of the molecule is N#CCc1ncc(F)c(=O)[nH]1. The van der Waals surface area contributed by atoms with E-state index in [1.807, 2.05) is 0 Å². The summed E-state index contributed by atoms with van der Waals surface area (Å²) < 4.78 is 12.2. The number of nitrogens with one attached hydrogen (secondary N) is 1. The van der Waals surface area contributed by atoms with E-state index in [-0.39, 0.29) is 12.2 Å². The fourth-order valence-corrected chi connectivity index (χ4v) is 0.581. The number of rotatable bonds is 1. The van der Waals surface area contributed by atoms with Crippen molar-refractivity contribution in [2.24, 2.45) is 0 Å². The van der Waals surface area contributed by atoms with E-state index in [9.17, 15) is 9.18 Å². The number of H-pyrrole nitrogens is 1. The number of aromatic nitrogens is 2. The van der Waals surface area contributed by atoms with E-state index in [1.54, 1.807) is 6.07 Å². The Bertz CT molecular complexity index is 352. The number of aromatic amines is 1. The molecule has 1 rings (SSSR count). The molecule has 0 aromatic carbocycles. The Labute approximate surface area is 61.3 Å². The van der Waals surface area contributed by atoms with E-state index >= 15 is 0 Å². The van der Waals surface area contributed by atoms with Gasteiger partial charge in [-0.05, 0) is 0 Å². The summed E-state index contributed by atoms with van der Waals surface area (Å²) in [5, 5.41) is 8.17. The zero-order chi connectivity index (χ0) is 8.27. The lowest BCUT2D eigenvalue weighted by Gasteiger charge is -1.90. The van der Waals surface area contributed by atoms with Crippen molar-refractivity contribution in [3.63, 3.8) is 0 Å². The minimum atomic E-state index is -0.938. The Morgan fingerprint density at radius 1 is 1.82 bits per heavy atom. The summed E-state index contributed by atoms with van der Waals surface area (Å²) in [5.41, 5.74) is -0.842. The molecule has 4 nitrogen and oxygen atoms in total. The highest BCUT2D eigenvalue weighted by Crippen LogP contribution is 1.87. The first-order valence-corrected chi connectivity index (χ1v) is 2.84. The molecule has 0 aliphatic heterocycles. The van der Waals surface area contributed by atoms with Crippen molar-refractivity contribution in [1.29, 1.82) is 5.26 Å². The molecule has 0 bridgehead atoms. The van der Waals surface area contributed by atoms with Gasteiger partial charge in [0.25, 0.3) is 5.56 Å². The second-order valence-electron chi connectivity index (χ2n) is 1.84. The highest BCUT2D eigenvalue weighted by molar-refractivity contribution is 4.97. The predicted molar refractivity (Wildman–Crippen MR) is 34.1 cm³/mol. The third kappa shape index (κ3) is 1.61. The van der Waals surface area contributed by atoms with E-state index in [0.717, 1.165) is 6.20 Å². The maximum absolute atomic E-state index is 12.2. The highest BCUT2D eigenvalue weighted by Gasteiger charge is 1.99. The Morgan fingerprint density at radius 2 is 2.55 bits per heavy atom. The first kappa shape index (κ1) is 7.41. The van der Waals surface area contributed by atoms with Crippen LogP contribution in [0.25, 0.3) is 0 Å². The van der Waals surface area contributed by atoms with Crippen molar-refractivity contribution in [2.45, 2.75) is 6.42 Å². The molecule has 0 atom stereocenters. The molecule has 0 aliphatic carbocycles. The topological polar surface area (TPSA) is 69.5 Å². The average Bonchev–Trinajstić information content (AvgIpc) is 1.98. The Kier molecular flexibility index (Phi) is 1.97. The van der Waals surface area contributed by atoms with Crippen molar-refractivity contribution in [3.05, 3.63) is 28.2 Å². The van der Waals surface area contributed by atoms with Gasteiger partial charge in [-0.25, -0.2) is 4.98 Å². The fraction of sp³-hybridized carbons (Fsp3) is 0.167. The summed E-state index contributed by atoms with van der Waals surface area (Å²) >= 11 is 0. The van der Waals surface area contributed by atoms with Crippen molar-refractivity contribution in [1.82, 2.24) is 9.97 Å². The van der Waals surface area contributed by atoms with E-state index in [4.69, 9.17) is 5.26 Å². The molecule has 11 heavy (non-hydrogen) atoms. The Balaban J connectivity index is 3.08. The second kappa shape index (κ2) is 2.92. The van der Waals surface area contributed by atoms with Gasteiger partial charge in [-0.15, -0.1) is 0 Å². The standard InChI is InChI=1S/C6H4FN3O/c7-4-3-9-5(1-2-8)10-6(4)11/h3H,1H2,(H,9,10,11). The zero-order valence-electron chi connectivity index (χ0n) is 5.47. The molecule has 1 aromatic heterocycles. The molecule has 0 saturated heterocycles. The van der Waals surface area contributed by atoms with Gasteiger partial charge in [0.2, 0.25) is 5.82 Å². The van der Waals surface area contributed by atoms with Crippen LogP contribution in [-0.4, -0.2) is 9.97 Å². The van der Waals surface area contributed by atoms with Crippen LogP contribution in [0, 0.1) is 17.1 Å². The van der Waals surface area contributed by atoms with Crippen LogP contribution in [0.4, 0.5) is 4.39 Å². The molecule has 0 fully saturated rings. The average molecular weight is 153 g/mol. The molecular formula is C6H4FN3O. The largest absolute Gasteiger partial charge is 0.307 e. The Hall–Kier alpha value is -1.70. The highest BCUT2D eigenvalue weighted by atomic mass is 19.1. The minimum Gasteiger partial charge on any atom is -0.307 e. The summed E-state index contributed by atoms with van der Waals surface area (Å²) in [7, 11) is 0. The van der Waals surface area contributed by atoms with Crippen LogP contribution < -0.4 is 5.56 Å². The smallest absolute Gasteiger partial charge is 0.286 e. The van der Waals surface area contributed by atoms with Gasteiger partial charge < -0.3 is 4.98 Å². The summed E-state index contributed by atoms with van der Waals surface area (Å²) in [4.78, 5) is 16.1. The number of hydrogen-bond acceptors (Lipinski definition) is 3. The van der Waals surface area contributed by atoms with Crippen molar-refractivity contribution < 1.29 is 4.39 Å². The van der Waals surface area contributed by atoms with Crippen molar-refractivity contribution in [3.8, 4) is 6.07 Å².